The van der Waals surface area contributed by atoms with Crippen LogP contribution >= 0.6 is 0 Å². The lowest BCUT2D eigenvalue weighted by Crippen LogP contribution is -2.43. The predicted octanol–water partition coefficient (Wildman–Crippen LogP) is 12.3. The second-order valence-electron chi connectivity index (χ2n) is 18.0. The molecule has 2 saturated heterocycles. The molecule has 336 valence electrons. The first-order valence-electron chi connectivity index (χ1n) is 24.1. The number of amides is 2. The first-order chi connectivity index (χ1) is 31.9. The van der Waals surface area contributed by atoms with Gasteiger partial charge in [0, 0.05) is 29.6 Å². The number of hydrogen-bond donors (Lipinski definition) is 2. The molecule has 0 radical (unpaired) electrons. The summed E-state index contributed by atoms with van der Waals surface area (Å²) in [6.07, 6.45) is 11.7. The summed E-state index contributed by atoms with van der Waals surface area (Å²) in [5.41, 5.74) is 7.80. The largest absolute Gasteiger partial charge is 0.456 e. The van der Waals surface area contributed by atoms with E-state index in [1.807, 2.05) is 47.6 Å². The van der Waals surface area contributed by atoms with Crippen molar-refractivity contribution in [2.24, 2.45) is 5.92 Å². The molecule has 0 bridgehead atoms. The van der Waals surface area contributed by atoms with Gasteiger partial charge < -0.3 is 24.2 Å². The Balaban J connectivity index is 0.884. The summed E-state index contributed by atoms with van der Waals surface area (Å²) in [6, 6.07) is 36.7. The second-order valence-corrected chi connectivity index (χ2v) is 18.0. The molecular weight excluding hydrogens is 807 g/mol. The monoisotopic (exact) mass is 869 g/mol. The molecule has 0 aliphatic carbocycles. The molecule has 10 heteroatoms. The van der Waals surface area contributed by atoms with Crippen LogP contribution in [0.2, 0.25) is 0 Å². The van der Waals surface area contributed by atoms with E-state index in [0.717, 1.165) is 139 Å². The first kappa shape index (κ1) is 44.0. The smallest absolute Gasteiger partial charge is 0.245 e. The van der Waals surface area contributed by atoms with Crippen LogP contribution in [0.3, 0.4) is 0 Å². The molecule has 2 aliphatic rings. The Kier molecular flexibility index (Phi) is 13.4. The van der Waals surface area contributed by atoms with Crippen LogP contribution in [0.25, 0.3) is 44.8 Å². The fraction of sp³-hybridized carbons (Fsp3) is 0.382. The lowest BCUT2D eigenvalue weighted by atomic mass is 9.84. The molecule has 4 aromatic carbocycles. The van der Waals surface area contributed by atoms with Crippen molar-refractivity contribution < 1.29 is 14.0 Å². The van der Waals surface area contributed by atoms with Gasteiger partial charge in [-0.05, 0) is 92.1 Å². The number of likely N-dealkylation sites (tertiary alicyclic amines) is 2. The molecule has 3 aromatic heterocycles. The summed E-state index contributed by atoms with van der Waals surface area (Å²) in [4.78, 5) is 52.0. The average molecular weight is 870 g/mol. The summed E-state index contributed by atoms with van der Waals surface area (Å²) < 4.78 is 6.38. The zero-order valence-electron chi connectivity index (χ0n) is 38.4. The van der Waals surface area contributed by atoms with Gasteiger partial charge in [0.15, 0.2) is 0 Å². The fourth-order valence-electron chi connectivity index (χ4n) is 10.5. The maximum absolute atomic E-state index is 14.4. The second kappa shape index (κ2) is 19.9. The van der Waals surface area contributed by atoms with E-state index in [4.69, 9.17) is 14.4 Å². The molecule has 5 atom stereocenters. The summed E-state index contributed by atoms with van der Waals surface area (Å²) in [5.74, 6) is 3.18. The summed E-state index contributed by atoms with van der Waals surface area (Å²) in [5, 5.41) is 0.999. The average Bonchev–Trinajstić information content (AvgIpc) is 4.22. The maximum Gasteiger partial charge on any atom is 0.245 e. The maximum atomic E-state index is 14.4. The summed E-state index contributed by atoms with van der Waals surface area (Å²) in [6.45, 7) is 11.8. The number of nitrogens with one attached hydrogen (secondary N) is 2. The molecule has 65 heavy (non-hydrogen) atoms. The number of furan rings is 1. The number of nitrogens with zero attached hydrogens (tertiary/aromatic N) is 5. The Hall–Kier alpha value is -6.26. The highest BCUT2D eigenvalue weighted by molar-refractivity contribution is 5.87. The first-order valence-corrected chi connectivity index (χ1v) is 24.1. The van der Waals surface area contributed by atoms with E-state index in [1.165, 1.54) is 0 Å². The van der Waals surface area contributed by atoms with Crippen LogP contribution in [0.4, 0.5) is 0 Å². The minimum atomic E-state index is -0.326. The third-order valence-electron chi connectivity index (χ3n) is 14.1. The van der Waals surface area contributed by atoms with Crippen LogP contribution in [0, 0.1) is 5.92 Å². The number of H-pyrrole nitrogens is 2. The number of fused-ring (bicyclic) bond motifs is 1. The lowest BCUT2D eigenvalue weighted by molar-refractivity contribution is -0.138. The number of imidazole rings is 2. The van der Waals surface area contributed by atoms with Crippen LogP contribution in [-0.2, 0) is 9.59 Å². The Morgan fingerprint density at radius 3 is 1.86 bits per heavy atom. The van der Waals surface area contributed by atoms with Gasteiger partial charge in [0.05, 0.1) is 41.8 Å². The molecule has 10 nitrogen and oxygen atoms in total. The third kappa shape index (κ3) is 9.19. The van der Waals surface area contributed by atoms with Crippen LogP contribution in [0.1, 0.15) is 126 Å². The van der Waals surface area contributed by atoms with Crippen LogP contribution in [0.15, 0.2) is 126 Å². The number of likely N-dealkylation sites (N-methyl/N-ethyl adjacent to an activating group) is 1. The standard InChI is InChI=1S/C55H63N7O3/c1-5-17-37(6-2)32-44(38-18-11-9-12-19-38)54(63)61-30-15-22-47(61)52-56-35-45(58-52)39-24-26-40(27-25-39)50-34-43-33-42(28-29-49(43)65-50)46-36-57-53(59-46)48-23-16-31-62(48)55(64)51(60(7-3)8-4)41-20-13-10-14-21-41/h9-14,18-21,24-29,33-37,44,47-48,51H,5-8,15-17,22-23,30-32H2,1-4H3,(H,56,58)(H,57,59). The highest BCUT2D eigenvalue weighted by Gasteiger charge is 2.39. The van der Waals surface area contributed by atoms with Gasteiger partial charge in [-0.1, -0.05) is 132 Å². The minimum Gasteiger partial charge on any atom is -0.456 e. The number of aromatic nitrogens is 4. The van der Waals surface area contributed by atoms with Crippen molar-refractivity contribution in [1.29, 1.82) is 0 Å². The highest BCUT2D eigenvalue weighted by Crippen LogP contribution is 2.39. The van der Waals surface area contributed by atoms with Gasteiger partial charge in [-0.3, -0.25) is 14.5 Å². The van der Waals surface area contributed by atoms with Gasteiger partial charge in [0.1, 0.15) is 29.0 Å². The topological polar surface area (TPSA) is 114 Å². The van der Waals surface area contributed by atoms with Crippen molar-refractivity contribution in [2.45, 2.75) is 103 Å². The van der Waals surface area contributed by atoms with Gasteiger partial charge >= 0.3 is 0 Å². The van der Waals surface area contributed by atoms with E-state index in [1.54, 1.807) is 0 Å². The Bertz CT molecular complexity index is 2660. The third-order valence-corrected chi connectivity index (χ3v) is 14.1. The minimum absolute atomic E-state index is 0.0707. The van der Waals surface area contributed by atoms with Gasteiger partial charge in [0.2, 0.25) is 11.8 Å². The Morgan fingerprint density at radius 2 is 1.26 bits per heavy atom. The van der Waals surface area contributed by atoms with E-state index >= 15 is 0 Å². The summed E-state index contributed by atoms with van der Waals surface area (Å²) in [7, 11) is 0. The zero-order valence-corrected chi connectivity index (χ0v) is 38.4. The van der Waals surface area contributed by atoms with Gasteiger partial charge in [-0.15, -0.1) is 0 Å². The van der Waals surface area contributed by atoms with Crippen LogP contribution in [0.5, 0.6) is 0 Å². The molecule has 0 saturated carbocycles. The number of rotatable bonds is 17. The normalized spacial score (nSPS) is 17.9. The van der Waals surface area contributed by atoms with E-state index in [0.29, 0.717) is 12.5 Å². The quantitative estimate of drug-likeness (QED) is 0.0942. The number of carbonyl (C=O) groups excluding carboxylic acids is 2. The molecule has 5 unspecified atom stereocenters. The number of carbonyl (C=O) groups is 2. The summed E-state index contributed by atoms with van der Waals surface area (Å²) >= 11 is 0. The van der Waals surface area contributed by atoms with E-state index < -0.39 is 0 Å². The number of hydrogen-bond acceptors (Lipinski definition) is 6. The molecule has 2 fully saturated rings. The van der Waals surface area contributed by atoms with Crippen molar-refractivity contribution in [3.63, 3.8) is 0 Å². The van der Waals surface area contributed by atoms with Crippen LogP contribution in [-0.4, -0.2) is 72.6 Å². The van der Waals surface area contributed by atoms with Crippen molar-refractivity contribution in [2.75, 3.05) is 26.2 Å². The molecule has 9 rings (SSSR count). The molecule has 7 aromatic rings. The van der Waals surface area contributed by atoms with Crippen molar-refractivity contribution >= 4 is 22.8 Å². The predicted molar refractivity (Wildman–Crippen MR) is 259 cm³/mol. The fourth-order valence-corrected chi connectivity index (χ4v) is 10.5. The van der Waals surface area contributed by atoms with Crippen molar-refractivity contribution in [1.82, 2.24) is 34.6 Å². The molecular formula is C55H63N7O3. The highest BCUT2D eigenvalue weighted by atomic mass is 16.3. The molecule has 5 heterocycles. The van der Waals surface area contributed by atoms with Crippen LogP contribution < -0.4 is 0 Å². The Labute approximate surface area is 383 Å². The SMILES string of the molecule is CCCC(CC)CC(C(=O)N1CCCC1c1ncc(-c2ccc(-c3cc4cc(-c5cnc(C6CCCN6C(=O)C(c6ccccc6)N(CC)CC)[nH]5)ccc4o3)cc2)[nH]1)c1ccccc1. The number of benzene rings is 4. The van der Waals surface area contributed by atoms with E-state index in [-0.39, 0.29) is 35.9 Å². The molecule has 0 spiro atoms. The molecule has 2 aliphatic heterocycles. The molecule has 2 N–H and O–H groups in total. The van der Waals surface area contributed by atoms with E-state index in [2.05, 4.69) is 126 Å². The van der Waals surface area contributed by atoms with Gasteiger partial charge in [-0.25, -0.2) is 9.97 Å². The molecule has 2 amide bonds. The number of aromatic amines is 2. The van der Waals surface area contributed by atoms with E-state index in [9.17, 15) is 9.59 Å². The van der Waals surface area contributed by atoms with Gasteiger partial charge in [-0.2, -0.15) is 0 Å². The van der Waals surface area contributed by atoms with Gasteiger partial charge in [0.25, 0.3) is 0 Å². The Morgan fingerprint density at radius 1 is 0.692 bits per heavy atom. The van der Waals surface area contributed by atoms with Crippen molar-refractivity contribution in [3.05, 3.63) is 144 Å². The zero-order chi connectivity index (χ0) is 44.9. The van der Waals surface area contributed by atoms with Crippen molar-refractivity contribution in [3.8, 4) is 33.8 Å². The lowest BCUT2D eigenvalue weighted by Gasteiger charge is -2.34.